The first-order chi connectivity index (χ1) is 9.44. The first-order valence-corrected chi connectivity index (χ1v) is 8.16. The molecule has 0 heterocycles. The van der Waals surface area contributed by atoms with Gasteiger partial charge in [-0.2, -0.15) is 5.10 Å². The summed E-state index contributed by atoms with van der Waals surface area (Å²) in [4.78, 5) is 0. The van der Waals surface area contributed by atoms with E-state index in [1.165, 1.54) is 37.7 Å². The first kappa shape index (κ1) is 15.5. The van der Waals surface area contributed by atoms with Crippen LogP contribution in [0.4, 0.5) is 0 Å². The fraction of sp³-hybridized carbons (Fsp3) is 0.750. The summed E-state index contributed by atoms with van der Waals surface area (Å²) in [6, 6.07) is 0.532. The highest BCUT2D eigenvalue weighted by atomic mass is 32.1. The topological polar surface area (TPSA) is 36.4 Å². The van der Waals surface area contributed by atoms with E-state index in [0.717, 1.165) is 18.6 Å². The summed E-state index contributed by atoms with van der Waals surface area (Å²) in [5.41, 5.74) is 5.82. The Bertz CT molecular complexity index is 417. The van der Waals surface area contributed by atoms with Crippen LogP contribution >= 0.6 is 12.2 Å². The summed E-state index contributed by atoms with van der Waals surface area (Å²) >= 11 is 5.34. The Morgan fingerprint density at radius 2 is 1.95 bits per heavy atom. The van der Waals surface area contributed by atoms with Gasteiger partial charge in [-0.3, -0.25) is 5.43 Å². The van der Waals surface area contributed by atoms with Gasteiger partial charge >= 0.3 is 0 Å². The van der Waals surface area contributed by atoms with Crippen molar-refractivity contribution in [3.63, 3.8) is 0 Å². The first-order valence-electron chi connectivity index (χ1n) is 7.75. The summed E-state index contributed by atoms with van der Waals surface area (Å²) in [6.07, 6.45) is 10.8. The van der Waals surface area contributed by atoms with Crippen LogP contribution in [-0.2, 0) is 0 Å². The van der Waals surface area contributed by atoms with Crippen molar-refractivity contribution in [1.82, 2.24) is 10.7 Å². The maximum atomic E-state index is 5.34. The van der Waals surface area contributed by atoms with Gasteiger partial charge in [0.1, 0.15) is 0 Å². The van der Waals surface area contributed by atoms with Crippen molar-refractivity contribution in [1.29, 1.82) is 0 Å². The van der Waals surface area contributed by atoms with Crippen molar-refractivity contribution in [3.8, 4) is 0 Å². The number of hydrogen-bond donors (Lipinski definition) is 2. The van der Waals surface area contributed by atoms with Crippen LogP contribution < -0.4 is 10.7 Å². The molecule has 20 heavy (non-hydrogen) atoms. The smallest absolute Gasteiger partial charge is 0.187 e. The summed E-state index contributed by atoms with van der Waals surface area (Å²) in [5, 5.41) is 8.53. The molecule has 3 nitrogen and oxygen atoms in total. The van der Waals surface area contributed by atoms with Crippen molar-refractivity contribution >= 4 is 23.0 Å². The van der Waals surface area contributed by atoms with Crippen LogP contribution in [0.1, 0.15) is 65.7 Å². The molecule has 2 N–H and O–H groups in total. The number of nitrogens with zero attached hydrogens (tertiary/aromatic N) is 1. The van der Waals surface area contributed by atoms with Crippen molar-refractivity contribution in [3.05, 3.63) is 11.6 Å². The van der Waals surface area contributed by atoms with Crippen molar-refractivity contribution in [2.24, 2.45) is 10.5 Å². The van der Waals surface area contributed by atoms with E-state index in [2.05, 4.69) is 42.7 Å². The van der Waals surface area contributed by atoms with Crippen LogP contribution in [0, 0.1) is 5.41 Å². The molecule has 2 aliphatic carbocycles. The maximum absolute atomic E-state index is 5.34. The molecule has 0 aromatic heterocycles. The predicted octanol–water partition coefficient (Wildman–Crippen LogP) is 3.91. The van der Waals surface area contributed by atoms with Crippen molar-refractivity contribution in [2.45, 2.75) is 71.8 Å². The molecule has 0 saturated heterocycles. The molecule has 0 bridgehead atoms. The lowest BCUT2D eigenvalue weighted by molar-refractivity contribution is 0.372. The number of hydrazone groups is 1. The van der Waals surface area contributed by atoms with E-state index < -0.39 is 0 Å². The van der Waals surface area contributed by atoms with E-state index in [4.69, 9.17) is 12.2 Å². The number of hydrogen-bond acceptors (Lipinski definition) is 2. The molecular formula is C16H27N3S. The van der Waals surface area contributed by atoms with E-state index in [1.807, 2.05) is 0 Å². The lowest BCUT2D eigenvalue weighted by Gasteiger charge is -2.29. The summed E-state index contributed by atoms with van der Waals surface area (Å²) < 4.78 is 0. The largest absolute Gasteiger partial charge is 0.359 e. The zero-order valence-electron chi connectivity index (χ0n) is 13.0. The van der Waals surface area contributed by atoms with Gasteiger partial charge in [0.2, 0.25) is 0 Å². The lowest BCUT2D eigenvalue weighted by atomic mass is 9.77. The minimum atomic E-state index is 0.303. The van der Waals surface area contributed by atoms with Crippen molar-refractivity contribution < 1.29 is 0 Å². The zero-order valence-corrected chi connectivity index (χ0v) is 13.8. The summed E-state index contributed by atoms with van der Waals surface area (Å²) in [5.74, 6) is 0. The van der Waals surface area contributed by atoms with Gasteiger partial charge in [-0.25, -0.2) is 0 Å². The average molecular weight is 293 g/mol. The van der Waals surface area contributed by atoms with Gasteiger partial charge in [-0.05, 0) is 56.3 Å². The molecule has 0 radical (unpaired) electrons. The molecule has 0 amide bonds. The second-order valence-electron chi connectivity index (χ2n) is 7.03. The highest BCUT2D eigenvalue weighted by Gasteiger charge is 2.24. The van der Waals surface area contributed by atoms with E-state index in [0.29, 0.717) is 16.6 Å². The fourth-order valence-corrected chi connectivity index (χ4v) is 3.57. The highest BCUT2D eigenvalue weighted by molar-refractivity contribution is 7.80. The third-order valence-electron chi connectivity index (χ3n) is 4.07. The lowest BCUT2D eigenvalue weighted by Crippen LogP contribution is -2.41. The van der Waals surface area contributed by atoms with Crippen LogP contribution in [0.25, 0.3) is 0 Å². The molecule has 2 rings (SSSR count). The molecule has 0 aromatic rings. The minimum Gasteiger partial charge on any atom is -0.359 e. The Morgan fingerprint density at radius 3 is 2.60 bits per heavy atom. The third-order valence-corrected chi connectivity index (χ3v) is 4.28. The average Bonchev–Trinajstić information content (AvgIpc) is 2.35. The Balaban J connectivity index is 1.85. The SMILES string of the molecule is CC1=C/C(=N/NC(=S)NC2CCCCC2)CC(C)(C)C1. The van der Waals surface area contributed by atoms with Gasteiger partial charge in [0, 0.05) is 6.04 Å². The molecule has 2 aliphatic rings. The summed E-state index contributed by atoms with van der Waals surface area (Å²) in [7, 11) is 0. The molecule has 0 spiro atoms. The van der Waals surface area contributed by atoms with Gasteiger partial charge in [0.25, 0.3) is 0 Å². The van der Waals surface area contributed by atoms with Gasteiger partial charge in [-0.15, -0.1) is 0 Å². The maximum Gasteiger partial charge on any atom is 0.187 e. The fourth-order valence-electron chi connectivity index (χ4n) is 3.35. The van der Waals surface area contributed by atoms with Gasteiger partial charge in [0.05, 0.1) is 5.71 Å². The van der Waals surface area contributed by atoms with Crippen LogP contribution in [0.3, 0.4) is 0 Å². The molecule has 0 unspecified atom stereocenters. The Hall–Kier alpha value is -0.900. The molecule has 1 fully saturated rings. The van der Waals surface area contributed by atoms with E-state index >= 15 is 0 Å². The van der Waals surface area contributed by atoms with Gasteiger partial charge in [-0.1, -0.05) is 38.7 Å². The quantitative estimate of drug-likeness (QED) is 0.599. The number of thiocarbonyl (C=S) groups is 1. The monoisotopic (exact) mass is 293 g/mol. The van der Waals surface area contributed by atoms with Crippen LogP contribution in [0.5, 0.6) is 0 Å². The predicted molar refractivity (Wildman–Crippen MR) is 89.9 cm³/mol. The van der Waals surface area contributed by atoms with E-state index in [-0.39, 0.29) is 0 Å². The van der Waals surface area contributed by atoms with Crippen molar-refractivity contribution in [2.75, 3.05) is 0 Å². The number of nitrogens with one attached hydrogen (secondary N) is 2. The second kappa shape index (κ2) is 6.70. The van der Waals surface area contributed by atoms with Gasteiger partial charge < -0.3 is 5.32 Å². The van der Waals surface area contributed by atoms with Crippen LogP contribution in [0.15, 0.2) is 16.8 Å². The molecule has 112 valence electrons. The Morgan fingerprint density at radius 1 is 1.25 bits per heavy atom. The Labute approximate surface area is 128 Å². The zero-order chi connectivity index (χ0) is 14.6. The second-order valence-corrected chi connectivity index (χ2v) is 7.44. The van der Waals surface area contributed by atoms with Crippen LogP contribution in [0.2, 0.25) is 0 Å². The molecule has 1 saturated carbocycles. The molecule has 4 heteroatoms. The standard InChI is InChI=1S/C16H27N3S/c1-12-9-14(11-16(2,3)10-12)18-19-15(20)17-13-7-5-4-6-8-13/h9,13H,4-8,10-11H2,1-3H3,(H2,17,19,20)/b18-14-. The van der Waals surface area contributed by atoms with E-state index in [9.17, 15) is 0 Å². The van der Waals surface area contributed by atoms with Gasteiger partial charge in [0.15, 0.2) is 5.11 Å². The summed E-state index contributed by atoms with van der Waals surface area (Å²) in [6.45, 7) is 6.75. The third kappa shape index (κ3) is 4.89. The molecule has 0 atom stereocenters. The molecule has 0 aliphatic heterocycles. The molecule has 0 aromatic carbocycles. The minimum absolute atomic E-state index is 0.303. The number of rotatable bonds is 2. The number of allylic oxidation sites excluding steroid dienone is 2. The highest BCUT2D eigenvalue weighted by Crippen LogP contribution is 2.33. The normalized spacial score (nSPS) is 25.1. The van der Waals surface area contributed by atoms with Crippen LogP contribution in [-0.4, -0.2) is 16.9 Å². The van der Waals surface area contributed by atoms with E-state index in [1.54, 1.807) is 0 Å². The molecular weight excluding hydrogens is 266 g/mol. The Kier molecular flexibility index (Phi) is 5.19.